The molecule has 1 aromatic carbocycles. The van der Waals surface area contributed by atoms with Gasteiger partial charge in [-0.15, -0.1) is 0 Å². The highest BCUT2D eigenvalue weighted by Gasteiger charge is 2.39. The molecule has 1 saturated heterocycles. The minimum Gasteiger partial charge on any atom is -0.356 e. The Morgan fingerprint density at radius 1 is 1.50 bits per heavy atom. The summed E-state index contributed by atoms with van der Waals surface area (Å²) in [6, 6.07) is 3.88. The van der Waals surface area contributed by atoms with Crippen LogP contribution >= 0.6 is 11.6 Å². The fourth-order valence-corrected chi connectivity index (χ4v) is 3.52. The van der Waals surface area contributed by atoms with Crippen LogP contribution in [0.15, 0.2) is 18.2 Å². The highest BCUT2D eigenvalue weighted by molar-refractivity contribution is 7.86. The molecule has 8 heteroatoms. The van der Waals surface area contributed by atoms with Gasteiger partial charge < -0.3 is 5.32 Å². The van der Waals surface area contributed by atoms with Gasteiger partial charge in [0, 0.05) is 6.54 Å². The molecule has 0 spiro atoms. The summed E-state index contributed by atoms with van der Waals surface area (Å²) in [6.07, 6.45) is 0.171. The SMILES string of the molecule is O=C1NCCC1[C@H](Cc1ccc(Cl)c(F)c1)S(=O)(=O)O. The Balaban J connectivity index is 2.28. The first-order valence-electron chi connectivity index (χ1n) is 5.97. The van der Waals surface area contributed by atoms with Crippen molar-refractivity contribution in [1.82, 2.24) is 5.32 Å². The minimum absolute atomic E-state index is 0.0734. The number of rotatable bonds is 4. The number of benzene rings is 1. The molecule has 1 aliphatic heterocycles. The summed E-state index contributed by atoms with van der Waals surface area (Å²) in [5.41, 5.74) is 0.356. The fraction of sp³-hybridized carbons (Fsp3) is 0.417. The zero-order valence-corrected chi connectivity index (χ0v) is 11.9. The van der Waals surface area contributed by atoms with Crippen LogP contribution in [0.4, 0.5) is 4.39 Å². The van der Waals surface area contributed by atoms with Crippen molar-refractivity contribution in [3.05, 3.63) is 34.6 Å². The standard InChI is InChI=1S/C12H13ClFNO4S/c13-9-2-1-7(5-10(9)14)6-11(20(17,18)19)8-3-4-15-12(8)16/h1-2,5,8,11H,3-4,6H2,(H,15,16)(H,17,18,19)/t8?,11-/m0/s1. The molecule has 0 bridgehead atoms. The number of carbonyl (C=O) groups excluding carboxylic acids is 1. The van der Waals surface area contributed by atoms with E-state index in [1.54, 1.807) is 0 Å². The largest absolute Gasteiger partial charge is 0.356 e. The smallest absolute Gasteiger partial charge is 0.268 e. The van der Waals surface area contributed by atoms with Crippen molar-refractivity contribution in [3.8, 4) is 0 Å². The van der Waals surface area contributed by atoms with E-state index in [9.17, 15) is 22.2 Å². The van der Waals surface area contributed by atoms with Gasteiger partial charge in [-0.3, -0.25) is 9.35 Å². The second kappa shape index (κ2) is 5.67. The molecule has 2 atom stereocenters. The Morgan fingerprint density at radius 3 is 2.70 bits per heavy atom. The van der Waals surface area contributed by atoms with Crippen LogP contribution in [0.5, 0.6) is 0 Å². The van der Waals surface area contributed by atoms with Crippen molar-refractivity contribution >= 4 is 27.6 Å². The van der Waals surface area contributed by atoms with Gasteiger partial charge in [-0.05, 0) is 30.5 Å². The van der Waals surface area contributed by atoms with Crippen molar-refractivity contribution in [3.63, 3.8) is 0 Å². The maximum Gasteiger partial charge on any atom is 0.268 e. The molecule has 2 rings (SSSR count). The molecular weight excluding hydrogens is 309 g/mol. The first kappa shape index (κ1) is 15.2. The molecule has 110 valence electrons. The summed E-state index contributed by atoms with van der Waals surface area (Å²) in [7, 11) is -4.42. The zero-order valence-electron chi connectivity index (χ0n) is 10.3. The number of carbonyl (C=O) groups is 1. The van der Waals surface area contributed by atoms with E-state index in [2.05, 4.69) is 5.32 Å². The van der Waals surface area contributed by atoms with Crippen molar-refractivity contribution in [2.45, 2.75) is 18.1 Å². The second-order valence-corrected chi connectivity index (χ2v) is 6.73. The molecule has 1 amide bonds. The van der Waals surface area contributed by atoms with Crippen LogP contribution in [0, 0.1) is 11.7 Å². The lowest BCUT2D eigenvalue weighted by molar-refractivity contribution is -0.122. The zero-order chi connectivity index (χ0) is 14.9. The molecule has 1 fully saturated rings. The summed E-state index contributed by atoms with van der Waals surface area (Å²) in [5.74, 6) is -1.92. The molecule has 1 aromatic rings. The maximum absolute atomic E-state index is 13.4. The predicted octanol–water partition coefficient (Wildman–Crippen LogP) is 1.41. The third kappa shape index (κ3) is 3.28. The van der Waals surface area contributed by atoms with Gasteiger partial charge in [0.1, 0.15) is 11.1 Å². The Morgan fingerprint density at radius 2 is 2.20 bits per heavy atom. The van der Waals surface area contributed by atoms with E-state index >= 15 is 0 Å². The topological polar surface area (TPSA) is 83.5 Å². The van der Waals surface area contributed by atoms with Crippen molar-refractivity contribution in [1.29, 1.82) is 0 Å². The van der Waals surface area contributed by atoms with E-state index in [-0.39, 0.29) is 11.4 Å². The van der Waals surface area contributed by atoms with E-state index < -0.39 is 33.0 Å². The Kier molecular flexibility index (Phi) is 4.31. The summed E-state index contributed by atoms with van der Waals surface area (Å²) in [4.78, 5) is 11.6. The average molecular weight is 322 g/mol. The van der Waals surface area contributed by atoms with Crippen molar-refractivity contribution in [2.24, 2.45) is 5.92 Å². The van der Waals surface area contributed by atoms with Crippen LogP contribution in [0.3, 0.4) is 0 Å². The van der Waals surface area contributed by atoms with Gasteiger partial charge in [0.05, 0.1) is 10.9 Å². The van der Waals surface area contributed by atoms with Gasteiger partial charge in [-0.1, -0.05) is 17.7 Å². The van der Waals surface area contributed by atoms with Crippen LogP contribution in [0.1, 0.15) is 12.0 Å². The third-order valence-electron chi connectivity index (χ3n) is 3.34. The Hall–Kier alpha value is -1.18. The van der Waals surface area contributed by atoms with E-state index in [1.165, 1.54) is 12.1 Å². The number of nitrogens with one attached hydrogen (secondary N) is 1. The van der Waals surface area contributed by atoms with Gasteiger partial charge in [0.2, 0.25) is 5.91 Å². The van der Waals surface area contributed by atoms with Crippen molar-refractivity contribution in [2.75, 3.05) is 6.54 Å². The fourth-order valence-electron chi connectivity index (χ4n) is 2.32. The highest BCUT2D eigenvalue weighted by Crippen LogP contribution is 2.25. The van der Waals surface area contributed by atoms with E-state index in [0.717, 1.165) is 6.07 Å². The number of hydrogen-bond donors (Lipinski definition) is 2. The predicted molar refractivity (Wildman–Crippen MR) is 71.6 cm³/mol. The Labute approximate surface area is 120 Å². The average Bonchev–Trinajstić information content (AvgIpc) is 2.75. The van der Waals surface area contributed by atoms with E-state index in [4.69, 9.17) is 11.6 Å². The maximum atomic E-state index is 13.4. The minimum atomic E-state index is -4.42. The number of amides is 1. The lowest BCUT2D eigenvalue weighted by atomic mass is 9.97. The van der Waals surface area contributed by atoms with Gasteiger partial charge in [0.15, 0.2) is 0 Å². The van der Waals surface area contributed by atoms with Crippen LogP contribution in [-0.4, -0.2) is 30.7 Å². The first-order chi connectivity index (χ1) is 9.29. The summed E-state index contributed by atoms with van der Waals surface area (Å²) in [5, 5.41) is 1.16. The second-order valence-electron chi connectivity index (χ2n) is 4.69. The van der Waals surface area contributed by atoms with Crippen LogP contribution < -0.4 is 5.32 Å². The van der Waals surface area contributed by atoms with Gasteiger partial charge >= 0.3 is 0 Å². The van der Waals surface area contributed by atoms with Gasteiger partial charge in [-0.25, -0.2) is 4.39 Å². The lowest BCUT2D eigenvalue weighted by Crippen LogP contribution is -2.36. The van der Waals surface area contributed by atoms with Crippen LogP contribution in [0.25, 0.3) is 0 Å². The number of halogens is 2. The van der Waals surface area contributed by atoms with Crippen LogP contribution in [-0.2, 0) is 21.3 Å². The quantitative estimate of drug-likeness (QED) is 0.821. The van der Waals surface area contributed by atoms with Gasteiger partial charge in [0.25, 0.3) is 10.1 Å². The molecular formula is C12H13ClFNO4S. The molecule has 5 nitrogen and oxygen atoms in total. The number of hydrogen-bond acceptors (Lipinski definition) is 3. The van der Waals surface area contributed by atoms with E-state index in [0.29, 0.717) is 18.5 Å². The molecule has 1 aliphatic rings. The molecule has 2 N–H and O–H groups in total. The van der Waals surface area contributed by atoms with E-state index in [1.807, 2.05) is 0 Å². The molecule has 0 radical (unpaired) electrons. The van der Waals surface area contributed by atoms with Gasteiger partial charge in [-0.2, -0.15) is 8.42 Å². The normalized spacial score (nSPS) is 20.8. The Bertz CT molecular complexity index is 634. The summed E-state index contributed by atoms with van der Waals surface area (Å²) < 4.78 is 45.6. The van der Waals surface area contributed by atoms with Crippen molar-refractivity contribution < 1.29 is 22.2 Å². The third-order valence-corrected chi connectivity index (χ3v) is 4.91. The molecule has 1 unspecified atom stereocenters. The summed E-state index contributed by atoms with van der Waals surface area (Å²) in [6.45, 7) is 0.366. The molecule has 20 heavy (non-hydrogen) atoms. The molecule has 1 heterocycles. The molecule has 0 saturated carbocycles. The monoisotopic (exact) mass is 321 g/mol. The molecule has 0 aliphatic carbocycles. The first-order valence-corrected chi connectivity index (χ1v) is 7.85. The summed E-state index contributed by atoms with van der Waals surface area (Å²) >= 11 is 5.55. The highest BCUT2D eigenvalue weighted by atomic mass is 35.5. The molecule has 0 aromatic heterocycles. The lowest BCUT2D eigenvalue weighted by Gasteiger charge is -2.18. The van der Waals surface area contributed by atoms with Crippen LogP contribution in [0.2, 0.25) is 5.02 Å².